The van der Waals surface area contributed by atoms with Crippen molar-refractivity contribution in [2.24, 2.45) is 17.6 Å². The van der Waals surface area contributed by atoms with Gasteiger partial charge in [0.2, 0.25) is 5.91 Å². The molecule has 0 aliphatic heterocycles. The minimum atomic E-state index is -0.877. The molecule has 2 atom stereocenters. The number of carbonyl (C=O) groups excluding carboxylic acids is 2. The summed E-state index contributed by atoms with van der Waals surface area (Å²) in [5.41, 5.74) is 9.14. The Balaban J connectivity index is 1.91. The zero-order chi connectivity index (χ0) is 24.5. The highest BCUT2D eigenvalue weighted by Crippen LogP contribution is 2.19. The van der Waals surface area contributed by atoms with Gasteiger partial charge in [-0.15, -0.1) is 0 Å². The van der Waals surface area contributed by atoms with Gasteiger partial charge in [-0.05, 0) is 67.3 Å². The number of carboxylic acid groups (broad SMARTS) is 1. The third-order valence-corrected chi connectivity index (χ3v) is 5.44. The number of nitrogens with one attached hydrogen (secondary N) is 1. The molecule has 0 aliphatic carbocycles. The quantitative estimate of drug-likeness (QED) is 0.352. The van der Waals surface area contributed by atoms with Crippen molar-refractivity contribution >= 4 is 17.8 Å². The topological polar surface area (TPSA) is 119 Å². The van der Waals surface area contributed by atoms with E-state index in [0.29, 0.717) is 30.1 Å². The number of rotatable bonds is 11. The molecule has 0 radical (unpaired) electrons. The van der Waals surface area contributed by atoms with Crippen LogP contribution >= 0.6 is 0 Å². The van der Waals surface area contributed by atoms with Crippen LogP contribution in [0.3, 0.4) is 0 Å². The summed E-state index contributed by atoms with van der Waals surface area (Å²) in [5, 5.41) is 11.8. The molecule has 4 N–H and O–H groups in total. The Labute approximate surface area is 195 Å². The van der Waals surface area contributed by atoms with Gasteiger partial charge in [0.1, 0.15) is 5.75 Å². The van der Waals surface area contributed by atoms with Gasteiger partial charge in [-0.2, -0.15) is 0 Å². The highest BCUT2D eigenvalue weighted by molar-refractivity contribution is 5.94. The van der Waals surface area contributed by atoms with Crippen LogP contribution in [0.1, 0.15) is 53.7 Å². The van der Waals surface area contributed by atoms with Gasteiger partial charge in [-0.1, -0.05) is 44.2 Å². The summed E-state index contributed by atoms with van der Waals surface area (Å²) < 4.78 is 5.50. The standard InChI is InChI=1S/C26H34N2O5/c1-16(2)12-20(14-23(29)30)15-28-25(31)22(27)13-19-8-10-21(11-9-19)33-26(32)24-17(3)6-5-7-18(24)4/h5-11,16,20,22H,12-15,27H2,1-4H3,(H,28,31)(H,29,30)/t20-,22+/m0/s1. The van der Waals surface area contributed by atoms with Crippen LogP contribution in [-0.2, 0) is 16.0 Å². The lowest BCUT2D eigenvalue weighted by molar-refractivity contribution is -0.138. The SMILES string of the molecule is Cc1cccc(C)c1C(=O)Oc1ccc(C[C@@H](N)C(=O)NC[C@H](CC(=O)O)CC(C)C)cc1. The summed E-state index contributed by atoms with van der Waals surface area (Å²) in [4.78, 5) is 36.0. The summed E-state index contributed by atoms with van der Waals surface area (Å²) in [7, 11) is 0. The Morgan fingerprint density at radius 1 is 1.03 bits per heavy atom. The Kier molecular flexibility index (Phi) is 9.60. The summed E-state index contributed by atoms with van der Waals surface area (Å²) in [6, 6.07) is 11.8. The van der Waals surface area contributed by atoms with Gasteiger partial charge in [0, 0.05) is 13.0 Å². The molecule has 7 heteroatoms. The summed E-state index contributed by atoms with van der Waals surface area (Å²) in [5.74, 6) is -0.995. The Morgan fingerprint density at radius 2 is 1.64 bits per heavy atom. The van der Waals surface area contributed by atoms with E-state index < -0.39 is 18.0 Å². The molecule has 2 aromatic rings. The van der Waals surface area contributed by atoms with Crippen LogP contribution in [0.15, 0.2) is 42.5 Å². The molecule has 0 saturated carbocycles. The zero-order valence-electron chi connectivity index (χ0n) is 19.8. The Morgan fingerprint density at radius 3 is 2.18 bits per heavy atom. The number of esters is 1. The maximum absolute atomic E-state index is 12.5. The first kappa shape index (κ1) is 26.1. The van der Waals surface area contributed by atoms with Gasteiger partial charge in [-0.3, -0.25) is 9.59 Å². The van der Waals surface area contributed by atoms with Crippen molar-refractivity contribution < 1.29 is 24.2 Å². The van der Waals surface area contributed by atoms with Crippen LogP contribution in [-0.4, -0.2) is 35.5 Å². The number of amides is 1. The van der Waals surface area contributed by atoms with Gasteiger partial charge < -0.3 is 20.9 Å². The van der Waals surface area contributed by atoms with Crippen molar-refractivity contribution in [1.29, 1.82) is 0 Å². The van der Waals surface area contributed by atoms with Crippen molar-refractivity contribution in [2.45, 2.75) is 53.0 Å². The molecular formula is C26H34N2O5. The van der Waals surface area contributed by atoms with Gasteiger partial charge in [0.25, 0.3) is 0 Å². The number of aliphatic carboxylic acids is 1. The molecular weight excluding hydrogens is 420 g/mol. The van der Waals surface area contributed by atoms with E-state index in [-0.39, 0.29) is 24.8 Å². The smallest absolute Gasteiger partial charge is 0.344 e. The fraction of sp³-hybridized carbons (Fsp3) is 0.423. The molecule has 33 heavy (non-hydrogen) atoms. The molecule has 0 unspecified atom stereocenters. The highest BCUT2D eigenvalue weighted by Gasteiger charge is 2.19. The Hall–Kier alpha value is -3.19. The van der Waals surface area contributed by atoms with Gasteiger partial charge in [-0.25, -0.2) is 4.79 Å². The molecule has 1 amide bonds. The average molecular weight is 455 g/mol. The van der Waals surface area contributed by atoms with Crippen molar-refractivity contribution in [3.8, 4) is 5.75 Å². The molecule has 7 nitrogen and oxygen atoms in total. The molecule has 0 heterocycles. The fourth-order valence-corrected chi connectivity index (χ4v) is 3.86. The summed E-state index contributed by atoms with van der Waals surface area (Å²) >= 11 is 0. The number of carboxylic acids is 1. The number of aryl methyl sites for hydroxylation is 2. The van der Waals surface area contributed by atoms with E-state index in [2.05, 4.69) is 5.32 Å². The molecule has 178 valence electrons. The average Bonchev–Trinajstić information content (AvgIpc) is 2.72. The van der Waals surface area contributed by atoms with Crippen LogP contribution in [0.4, 0.5) is 0 Å². The van der Waals surface area contributed by atoms with E-state index in [0.717, 1.165) is 16.7 Å². The largest absolute Gasteiger partial charge is 0.481 e. The summed E-state index contributed by atoms with van der Waals surface area (Å²) in [6.07, 6.45) is 1.03. The first-order valence-corrected chi connectivity index (χ1v) is 11.2. The maximum Gasteiger partial charge on any atom is 0.344 e. The lowest BCUT2D eigenvalue weighted by Gasteiger charge is -2.19. The number of benzene rings is 2. The second-order valence-electron chi connectivity index (χ2n) is 8.95. The van der Waals surface area contributed by atoms with Gasteiger partial charge >= 0.3 is 11.9 Å². The molecule has 0 aromatic heterocycles. The van der Waals surface area contributed by atoms with E-state index in [1.165, 1.54) is 0 Å². The number of nitrogens with two attached hydrogens (primary N) is 1. The molecule has 0 aliphatic rings. The van der Waals surface area contributed by atoms with Crippen LogP contribution < -0.4 is 15.8 Å². The number of carbonyl (C=O) groups is 3. The number of hydrogen-bond donors (Lipinski definition) is 3. The van der Waals surface area contributed by atoms with E-state index in [1.54, 1.807) is 24.3 Å². The third kappa shape index (κ3) is 8.35. The van der Waals surface area contributed by atoms with Crippen LogP contribution in [0, 0.1) is 25.7 Å². The lowest BCUT2D eigenvalue weighted by Crippen LogP contribution is -2.44. The lowest BCUT2D eigenvalue weighted by atomic mass is 9.94. The molecule has 0 saturated heterocycles. The highest BCUT2D eigenvalue weighted by atomic mass is 16.5. The minimum absolute atomic E-state index is 0.00983. The van der Waals surface area contributed by atoms with E-state index in [9.17, 15) is 14.4 Å². The predicted octanol–water partition coefficient (Wildman–Crippen LogP) is 3.65. The first-order valence-electron chi connectivity index (χ1n) is 11.2. The van der Waals surface area contributed by atoms with Crippen molar-refractivity contribution in [3.05, 3.63) is 64.7 Å². The normalized spacial score (nSPS) is 12.8. The minimum Gasteiger partial charge on any atom is -0.481 e. The van der Waals surface area contributed by atoms with E-state index >= 15 is 0 Å². The molecule has 2 rings (SSSR count). The van der Waals surface area contributed by atoms with E-state index in [1.807, 2.05) is 45.9 Å². The third-order valence-electron chi connectivity index (χ3n) is 5.44. The summed E-state index contributed by atoms with van der Waals surface area (Å²) in [6.45, 7) is 8.05. The van der Waals surface area contributed by atoms with E-state index in [4.69, 9.17) is 15.6 Å². The molecule has 2 aromatic carbocycles. The van der Waals surface area contributed by atoms with Gasteiger partial charge in [0.05, 0.1) is 11.6 Å². The second kappa shape index (κ2) is 12.2. The Bertz CT molecular complexity index is 949. The monoisotopic (exact) mass is 454 g/mol. The van der Waals surface area contributed by atoms with Crippen molar-refractivity contribution in [2.75, 3.05) is 6.54 Å². The number of ether oxygens (including phenoxy) is 1. The van der Waals surface area contributed by atoms with Crippen LogP contribution in [0.25, 0.3) is 0 Å². The predicted molar refractivity (Wildman–Crippen MR) is 127 cm³/mol. The van der Waals surface area contributed by atoms with Crippen LogP contribution in [0.5, 0.6) is 5.75 Å². The van der Waals surface area contributed by atoms with Crippen LogP contribution in [0.2, 0.25) is 0 Å². The molecule has 0 spiro atoms. The molecule has 0 fully saturated rings. The van der Waals surface area contributed by atoms with Crippen molar-refractivity contribution in [3.63, 3.8) is 0 Å². The number of hydrogen-bond acceptors (Lipinski definition) is 5. The maximum atomic E-state index is 12.5. The fourth-order valence-electron chi connectivity index (χ4n) is 3.86. The zero-order valence-corrected chi connectivity index (χ0v) is 19.8. The second-order valence-corrected chi connectivity index (χ2v) is 8.95. The first-order chi connectivity index (χ1) is 15.6. The van der Waals surface area contributed by atoms with Gasteiger partial charge in [0.15, 0.2) is 0 Å². The molecule has 0 bridgehead atoms. The van der Waals surface area contributed by atoms with Crippen molar-refractivity contribution in [1.82, 2.24) is 5.32 Å².